The first-order chi connectivity index (χ1) is 18.1. The Kier molecular flexibility index (Phi) is 8.63. The van der Waals surface area contributed by atoms with Crippen LogP contribution in [-0.2, 0) is 25.7 Å². The number of methoxy groups -OCH3 is 1. The van der Waals surface area contributed by atoms with Gasteiger partial charge in [-0.25, -0.2) is 0 Å². The summed E-state index contributed by atoms with van der Waals surface area (Å²) in [6.07, 6.45) is 2.97. The van der Waals surface area contributed by atoms with E-state index in [4.69, 9.17) is 14.2 Å². The molecule has 0 spiro atoms. The molecule has 4 bridgehead atoms. The van der Waals surface area contributed by atoms with Gasteiger partial charge in [-0.1, -0.05) is 32.9 Å². The van der Waals surface area contributed by atoms with Crippen molar-refractivity contribution in [3.05, 3.63) is 53.9 Å². The number of ether oxygens (including phenoxy) is 3. The molecule has 10 nitrogen and oxygen atoms in total. The van der Waals surface area contributed by atoms with Crippen LogP contribution in [0.4, 0.5) is 0 Å². The zero-order valence-electron chi connectivity index (χ0n) is 22.4. The van der Waals surface area contributed by atoms with Gasteiger partial charge in [0.2, 0.25) is 11.8 Å². The van der Waals surface area contributed by atoms with Gasteiger partial charge in [0.05, 0.1) is 43.7 Å². The lowest BCUT2D eigenvalue weighted by Gasteiger charge is -2.25. The molecular weight excluding hydrogens is 488 g/mol. The predicted octanol–water partition coefficient (Wildman–Crippen LogP) is 2.62. The molecule has 4 rings (SSSR count). The second kappa shape index (κ2) is 11.9. The molecule has 1 saturated heterocycles. The number of carbonyl (C=O) groups is 3. The molecular formula is C28H36N4O6. The van der Waals surface area contributed by atoms with Gasteiger partial charge in [0.15, 0.2) is 0 Å². The number of aromatic nitrogens is 1. The lowest BCUT2D eigenvalue weighted by atomic mass is 9.92. The van der Waals surface area contributed by atoms with Crippen LogP contribution in [0, 0.1) is 5.41 Å². The third-order valence-electron chi connectivity index (χ3n) is 6.39. The Balaban J connectivity index is 1.62. The number of nitrogens with zero attached hydrogens (tertiary/aromatic N) is 3. The number of carbonyl (C=O) groups excluding carboxylic acids is 3. The summed E-state index contributed by atoms with van der Waals surface area (Å²) in [5, 5.41) is 3.02. The first kappa shape index (κ1) is 27.5. The van der Waals surface area contributed by atoms with Gasteiger partial charge in [-0.15, -0.1) is 0 Å². The van der Waals surface area contributed by atoms with Crippen molar-refractivity contribution in [1.82, 2.24) is 20.1 Å². The van der Waals surface area contributed by atoms with Gasteiger partial charge in [-0.3, -0.25) is 19.4 Å². The summed E-state index contributed by atoms with van der Waals surface area (Å²) < 4.78 is 17.4. The van der Waals surface area contributed by atoms with Crippen molar-refractivity contribution < 1.29 is 28.6 Å². The highest BCUT2D eigenvalue weighted by Gasteiger charge is 2.38. The molecule has 0 aliphatic carbocycles. The van der Waals surface area contributed by atoms with Crippen LogP contribution >= 0.6 is 0 Å². The van der Waals surface area contributed by atoms with Crippen LogP contribution in [0.2, 0.25) is 0 Å². The van der Waals surface area contributed by atoms with Gasteiger partial charge in [-0.2, -0.15) is 0 Å². The average molecular weight is 525 g/mol. The summed E-state index contributed by atoms with van der Waals surface area (Å²) in [5.41, 5.74) is 1.02. The fourth-order valence-corrected chi connectivity index (χ4v) is 4.54. The van der Waals surface area contributed by atoms with Gasteiger partial charge in [0.1, 0.15) is 11.5 Å². The summed E-state index contributed by atoms with van der Waals surface area (Å²) >= 11 is 0. The third kappa shape index (κ3) is 7.29. The van der Waals surface area contributed by atoms with E-state index >= 15 is 0 Å². The number of likely N-dealkylation sites (tertiary alicyclic amines) is 1. The van der Waals surface area contributed by atoms with Crippen LogP contribution in [-0.4, -0.2) is 84.5 Å². The number of fused-ring (bicyclic) bond motifs is 5. The van der Waals surface area contributed by atoms with Crippen molar-refractivity contribution in [2.45, 2.75) is 45.9 Å². The predicted molar refractivity (Wildman–Crippen MR) is 140 cm³/mol. The molecule has 2 aliphatic heterocycles. The first-order valence-electron chi connectivity index (χ1n) is 12.8. The summed E-state index contributed by atoms with van der Waals surface area (Å²) in [6, 6.07) is 8.65. The Morgan fingerprint density at radius 3 is 2.74 bits per heavy atom. The third-order valence-corrected chi connectivity index (χ3v) is 6.39. The van der Waals surface area contributed by atoms with E-state index < -0.39 is 12.1 Å². The summed E-state index contributed by atoms with van der Waals surface area (Å²) in [6.45, 7) is 7.37. The maximum absolute atomic E-state index is 13.3. The first-order valence-corrected chi connectivity index (χ1v) is 12.8. The minimum absolute atomic E-state index is 0.0211. The number of hydrogen-bond acceptors (Lipinski definition) is 7. The molecule has 1 aromatic heterocycles. The minimum Gasteiger partial charge on any atom is -0.456 e. The second-order valence-corrected chi connectivity index (χ2v) is 10.9. The molecule has 0 unspecified atom stereocenters. The van der Waals surface area contributed by atoms with Crippen LogP contribution in [0.15, 0.2) is 42.7 Å². The quantitative estimate of drug-likeness (QED) is 0.655. The molecule has 10 heteroatoms. The molecule has 1 aromatic carbocycles. The average Bonchev–Trinajstić information content (AvgIpc) is 3.26. The molecule has 38 heavy (non-hydrogen) atoms. The van der Waals surface area contributed by atoms with E-state index in [1.54, 1.807) is 11.0 Å². The largest absolute Gasteiger partial charge is 0.456 e. The monoisotopic (exact) mass is 524 g/mol. The van der Waals surface area contributed by atoms with E-state index in [2.05, 4.69) is 10.3 Å². The number of amides is 3. The van der Waals surface area contributed by atoms with Crippen molar-refractivity contribution in [2.75, 3.05) is 39.9 Å². The number of pyridine rings is 1. The number of nitrogens with one attached hydrogen (secondary N) is 1. The van der Waals surface area contributed by atoms with Gasteiger partial charge in [-0.05, 0) is 29.2 Å². The normalized spacial score (nSPS) is 20.5. The molecule has 2 atom stereocenters. The van der Waals surface area contributed by atoms with Gasteiger partial charge in [0, 0.05) is 39.4 Å². The van der Waals surface area contributed by atoms with Crippen LogP contribution in [0.5, 0.6) is 11.5 Å². The lowest BCUT2D eigenvalue weighted by Crippen LogP contribution is -2.49. The van der Waals surface area contributed by atoms with Gasteiger partial charge < -0.3 is 29.3 Å². The van der Waals surface area contributed by atoms with Crippen molar-refractivity contribution in [1.29, 1.82) is 0 Å². The number of rotatable bonds is 4. The lowest BCUT2D eigenvalue weighted by molar-refractivity contribution is -0.132. The van der Waals surface area contributed by atoms with E-state index in [0.29, 0.717) is 36.6 Å². The van der Waals surface area contributed by atoms with Gasteiger partial charge in [0.25, 0.3) is 5.91 Å². The van der Waals surface area contributed by atoms with E-state index in [1.807, 2.05) is 45.0 Å². The molecule has 2 aliphatic rings. The van der Waals surface area contributed by atoms with E-state index in [-0.39, 0.29) is 49.4 Å². The van der Waals surface area contributed by atoms with Crippen molar-refractivity contribution in [2.24, 2.45) is 5.41 Å². The highest BCUT2D eigenvalue weighted by atomic mass is 16.5. The van der Waals surface area contributed by atoms with Crippen molar-refractivity contribution in [3.8, 4) is 11.5 Å². The van der Waals surface area contributed by atoms with Crippen LogP contribution < -0.4 is 10.1 Å². The molecule has 1 N–H and O–H groups in total. The molecule has 0 saturated carbocycles. The summed E-state index contributed by atoms with van der Waals surface area (Å²) in [5.74, 6) is 0.303. The molecule has 204 valence electrons. The second-order valence-electron chi connectivity index (χ2n) is 10.9. The molecule has 3 heterocycles. The summed E-state index contributed by atoms with van der Waals surface area (Å²) in [7, 11) is 1.54. The molecule has 2 aromatic rings. The standard InChI is InChI=1S/C28H36N4O6/c1-28(2,3)12-26(34)32-15-23-24(16-32)37-18-19-6-5-7-21(10-19)38-22-11-20(13-29-14-22)27(35)31(8-9-36-4)17-25(33)30-23/h5-7,10-11,13-14,23-24H,8-9,12,15-18H2,1-4H3,(H,30,33)/t23-,24-/m0/s1. The number of hydrogen-bond donors (Lipinski definition) is 1. The maximum Gasteiger partial charge on any atom is 0.256 e. The van der Waals surface area contributed by atoms with Gasteiger partial charge >= 0.3 is 0 Å². The SMILES string of the molecule is COCCN1CC(=O)N[C@H]2CN(C(=O)CC(C)(C)C)C[C@@H]2OCc2cccc(c2)Oc2cncc(c2)C1=O. The molecule has 0 radical (unpaired) electrons. The van der Waals surface area contributed by atoms with Crippen LogP contribution in [0.3, 0.4) is 0 Å². The van der Waals surface area contributed by atoms with E-state index in [0.717, 1.165) is 5.56 Å². The minimum atomic E-state index is -0.414. The Morgan fingerprint density at radius 1 is 1.16 bits per heavy atom. The topological polar surface area (TPSA) is 110 Å². The zero-order chi connectivity index (χ0) is 27.3. The van der Waals surface area contributed by atoms with E-state index in [1.165, 1.54) is 24.4 Å². The Hall–Kier alpha value is -3.50. The Bertz CT molecular complexity index is 1160. The highest BCUT2D eigenvalue weighted by molar-refractivity contribution is 5.96. The smallest absolute Gasteiger partial charge is 0.256 e. The number of benzene rings is 1. The molecule has 1 fully saturated rings. The summed E-state index contributed by atoms with van der Waals surface area (Å²) in [4.78, 5) is 46.8. The Labute approximate surface area is 223 Å². The zero-order valence-corrected chi connectivity index (χ0v) is 22.4. The fraction of sp³-hybridized carbons (Fsp3) is 0.500. The molecule has 3 amide bonds. The fourth-order valence-electron chi connectivity index (χ4n) is 4.54. The van der Waals surface area contributed by atoms with Crippen LogP contribution in [0.25, 0.3) is 0 Å². The maximum atomic E-state index is 13.3. The van der Waals surface area contributed by atoms with Crippen molar-refractivity contribution >= 4 is 17.7 Å². The Morgan fingerprint density at radius 2 is 1.97 bits per heavy atom. The highest BCUT2D eigenvalue weighted by Crippen LogP contribution is 2.26. The van der Waals surface area contributed by atoms with Crippen LogP contribution in [0.1, 0.15) is 43.1 Å². The van der Waals surface area contributed by atoms with Crippen molar-refractivity contribution in [3.63, 3.8) is 0 Å². The van der Waals surface area contributed by atoms with E-state index in [9.17, 15) is 14.4 Å².